The second-order valence-electron chi connectivity index (χ2n) is 5.35. The molecule has 0 radical (unpaired) electrons. The average molecular weight is 260 g/mol. The van der Waals surface area contributed by atoms with E-state index in [0.717, 1.165) is 12.8 Å². The van der Waals surface area contributed by atoms with Crippen LogP contribution in [0.4, 0.5) is 11.5 Å². The Morgan fingerprint density at radius 2 is 2.16 bits per heavy atom. The van der Waals surface area contributed by atoms with Crippen molar-refractivity contribution < 1.29 is 5.11 Å². The maximum absolute atomic E-state index is 9.64. The molecule has 1 aliphatic carbocycles. The number of nitrogens with zero attached hydrogens (tertiary/aromatic N) is 2. The molecule has 1 aromatic rings. The number of hydrogen-bond donors (Lipinski definition) is 3. The highest BCUT2D eigenvalue weighted by Crippen LogP contribution is 2.36. The molecule has 5 nitrogen and oxygen atoms in total. The molecule has 0 bridgehead atoms. The number of aliphatic hydroxyl groups excluding tert-OH is 1. The van der Waals surface area contributed by atoms with Gasteiger partial charge in [0.05, 0.1) is 17.9 Å². The Hall–Kier alpha value is -1.80. The van der Waals surface area contributed by atoms with E-state index in [4.69, 9.17) is 11.0 Å². The van der Waals surface area contributed by atoms with Crippen LogP contribution in [-0.2, 0) is 0 Å². The summed E-state index contributed by atoms with van der Waals surface area (Å²) in [7, 11) is 0. The Labute approximate surface area is 113 Å². The van der Waals surface area contributed by atoms with Crippen LogP contribution >= 0.6 is 0 Å². The van der Waals surface area contributed by atoms with Crippen LogP contribution in [0.2, 0.25) is 0 Å². The number of nitriles is 1. The highest BCUT2D eigenvalue weighted by Gasteiger charge is 2.31. The van der Waals surface area contributed by atoms with E-state index in [-0.39, 0.29) is 12.0 Å². The number of nitrogens with two attached hydrogens (primary N) is 1. The van der Waals surface area contributed by atoms with Crippen molar-refractivity contribution in [1.29, 1.82) is 5.26 Å². The Kier molecular flexibility index (Phi) is 4.23. The summed E-state index contributed by atoms with van der Waals surface area (Å²) in [6.45, 7) is 0.864. The minimum Gasteiger partial charge on any atom is -0.396 e. The predicted molar refractivity (Wildman–Crippen MR) is 74.5 cm³/mol. The molecule has 0 unspecified atom stereocenters. The lowest BCUT2D eigenvalue weighted by Gasteiger charge is -2.35. The SMILES string of the molecule is N#Cc1cnc(NCC2(CO)CCCCC2)c(N)c1. The van der Waals surface area contributed by atoms with E-state index >= 15 is 0 Å². The average Bonchev–Trinajstić information content (AvgIpc) is 2.47. The van der Waals surface area contributed by atoms with Crippen LogP contribution in [0.3, 0.4) is 0 Å². The zero-order chi connectivity index (χ0) is 13.7. The molecule has 0 saturated heterocycles. The van der Waals surface area contributed by atoms with Crippen LogP contribution in [0.1, 0.15) is 37.7 Å². The minimum absolute atomic E-state index is 0.0553. The molecular weight excluding hydrogens is 240 g/mol. The largest absolute Gasteiger partial charge is 0.396 e. The Morgan fingerprint density at radius 3 is 2.74 bits per heavy atom. The molecule has 2 rings (SSSR count). The van der Waals surface area contributed by atoms with Crippen molar-refractivity contribution in [1.82, 2.24) is 4.98 Å². The first kappa shape index (κ1) is 13.6. The van der Waals surface area contributed by atoms with Gasteiger partial charge in [-0.25, -0.2) is 4.98 Å². The summed E-state index contributed by atoms with van der Waals surface area (Å²) >= 11 is 0. The van der Waals surface area contributed by atoms with Crippen LogP contribution in [0.25, 0.3) is 0 Å². The van der Waals surface area contributed by atoms with Gasteiger partial charge >= 0.3 is 0 Å². The van der Waals surface area contributed by atoms with Crippen LogP contribution in [0, 0.1) is 16.7 Å². The molecule has 4 N–H and O–H groups in total. The van der Waals surface area contributed by atoms with Crippen molar-refractivity contribution in [2.24, 2.45) is 5.41 Å². The molecule has 1 aliphatic rings. The van der Waals surface area contributed by atoms with E-state index in [0.29, 0.717) is 23.6 Å². The quantitative estimate of drug-likeness (QED) is 0.768. The van der Waals surface area contributed by atoms with Gasteiger partial charge in [-0.3, -0.25) is 0 Å². The Balaban J connectivity index is 2.03. The van der Waals surface area contributed by atoms with E-state index in [9.17, 15) is 5.11 Å². The van der Waals surface area contributed by atoms with Gasteiger partial charge in [-0.1, -0.05) is 19.3 Å². The van der Waals surface area contributed by atoms with E-state index in [1.165, 1.54) is 25.5 Å². The molecule has 0 aliphatic heterocycles. The number of nitrogen functional groups attached to an aromatic ring is 1. The van der Waals surface area contributed by atoms with E-state index in [2.05, 4.69) is 10.3 Å². The molecule has 0 spiro atoms. The fourth-order valence-electron chi connectivity index (χ4n) is 2.65. The number of nitrogens with one attached hydrogen (secondary N) is 1. The second kappa shape index (κ2) is 5.89. The zero-order valence-electron chi connectivity index (χ0n) is 11.0. The summed E-state index contributed by atoms with van der Waals surface area (Å²) in [5.74, 6) is 0.595. The molecule has 5 heteroatoms. The lowest BCUT2D eigenvalue weighted by molar-refractivity contribution is 0.0943. The van der Waals surface area contributed by atoms with Gasteiger partial charge in [-0.15, -0.1) is 0 Å². The third-order valence-corrected chi connectivity index (χ3v) is 3.93. The highest BCUT2D eigenvalue weighted by atomic mass is 16.3. The molecular formula is C14H20N4O. The number of pyridine rings is 1. The van der Waals surface area contributed by atoms with Gasteiger partial charge in [0.1, 0.15) is 11.9 Å². The van der Waals surface area contributed by atoms with Crippen LogP contribution in [-0.4, -0.2) is 23.2 Å². The maximum atomic E-state index is 9.64. The fourth-order valence-corrected chi connectivity index (χ4v) is 2.65. The summed E-state index contributed by atoms with van der Waals surface area (Å²) < 4.78 is 0. The summed E-state index contributed by atoms with van der Waals surface area (Å²) in [6.07, 6.45) is 7.15. The van der Waals surface area contributed by atoms with Crippen molar-refractivity contribution in [2.75, 3.05) is 24.2 Å². The van der Waals surface area contributed by atoms with Crippen molar-refractivity contribution >= 4 is 11.5 Å². The molecule has 19 heavy (non-hydrogen) atoms. The van der Waals surface area contributed by atoms with E-state index in [1.807, 2.05) is 6.07 Å². The topological polar surface area (TPSA) is 95.0 Å². The first-order valence-corrected chi connectivity index (χ1v) is 6.69. The highest BCUT2D eigenvalue weighted by molar-refractivity contribution is 5.63. The van der Waals surface area contributed by atoms with Crippen LogP contribution in [0.15, 0.2) is 12.3 Å². The van der Waals surface area contributed by atoms with Gasteiger partial charge in [0.2, 0.25) is 0 Å². The van der Waals surface area contributed by atoms with Gasteiger partial charge in [-0.05, 0) is 18.9 Å². The molecule has 1 aromatic heterocycles. The molecule has 102 valence electrons. The molecule has 0 amide bonds. The Morgan fingerprint density at radius 1 is 1.42 bits per heavy atom. The molecule has 1 fully saturated rings. The minimum atomic E-state index is -0.0553. The maximum Gasteiger partial charge on any atom is 0.149 e. The fraction of sp³-hybridized carbons (Fsp3) is 0.571. The van der Waals surface area contributed by atoms with Crippen molar-refractivity contribution in [3.8, 4) is 6.07 Å². The third kappa shape index (κ3) is 3.15. The van der Waals surface area contributed by atoms with Crippen molar-refractivity contribution in [2.45, 2.75) is 32.1 Å². The van der Waals surface area contributed by atoms with E-state index in [1.54, 1.807) is 6.07 Å². The van der Waals surface area contributed by atoms with Gasteiger partial charge in [0, 0.05) is 18.2 Å². The third-order valence-electron chi connectivity index (χ3n) is 3.93. The van der Waals surface area contributed by atoms with Gasteiger partial charge in [0.15, 0.2) is 0 Å². The summed E-state index contributed by atoms with van der Waals surface area (Å²) in [6, 6.07) is 3.62. The monoisotopic (exact) mass is 260 g/mol. The van der Waals surface area contributed by atoms with Crippen LogP contribution < -0.4 is 11.1 Å². The summed E-state index contributed by atoms with van der Waals surface area (Å²) in [5, 5.41) is 21.6. The lowest BCUT2D eigenvalue weighted by atomic mass is 9.74. The smallest absolute Gasteiger partial charge is 0.149 e. The lowest BCUT2D eigenvalue weighted by Crippen LogP contribution is -2.35. The number of rotatable bonds is 4. The first-order valence-electron chi connectivity index (χ1n) is 6.69. The zero-order valence-corrected chi connectivity index (χ0v) is 11.0. The molecule has 0 atom stereocenters. The van der Waals surface area contributed by atoms with Crippen LogP contribution in [0.5, 0.6) is 0 Å². The number of hydrogen-bond acceptors (Lipinski definition) is 5. The van der Waals surface area contributed by atoms with Gasteiger partial charge < -0.3 is 16.2 Å². The van der Waals surface area contributed by atoms with E-state index < -0.39 is 0 Å². The first-order chi connectivity index (χ1) is 9.19. The number of aromatic nitrogens is 1. The number of aliphatic hydroxyl groups is 1. The molecule has 1 saturated carbocycles. The molecule has 0 aromatic carbocycles. The van der Waals surface area contributed by atoms with Crippen molar-refractivity contribution in [3.05, 3.63) is 17.8 Å². The van der Waals surface area contributed by atoms with Gasteiger partial charge in [-0.2, -0.15) is 5.26 Å². The normalized spacial score (nSPS) is 17.7. The summed E-state index contributed by atoms with van der Waals surface area (Å²) in [4.78, 5) is 4.16. The predicted octanol–water partition coefficient (Wildman–Crippen LogP) is 1.89. The van der Waals surface area contributed by atoms with Crippen molar-refractivity contribution in [3.63, 3.8) is 0 Å². The standard InChI is InChI=1S/C14H20N4O/c15-7-11-6-12(16)13(17-8-11)18-9-14(10-19)4-2-1-3-5-14/h6,8,19H,1-5,9-10,16H2,(H,17,18). The molecule has 1 heterocycles. The second-order valence-corrected chi connectivity index (χ2v) is 5.35. The summed E-state index contributed by atoms with van der Waals surface area (Å²) in [5.41, 5.74) is 6.73. The Bertz CT molecular complexity index is 475. The van der Waals surface area contributed by atoms with Gasteiger partial charge in [0.25, 0.3) is 0 Å². The number of anilines is 2.